The van der Waals surface area contributed by atoms with E-state index >= 15 is 0 Å². The molecular formula is C26H28Br2O5. The van der Waals surface area contributed by atoms with Crippen LogP contribution < -0.4 is 18.9 Å². The molecule has 0 atom stereocenters. The molecule has 0 radical (unpaired) electrons. The maximum Gasteiger partial charge on any atom is 0.185 e. The number of rotatable bonds is 8. The van der Waals surface area contributed by atoms with Gasteiger partial charge in [0.05, 0.1) is 27.4 Å². The predicted octanol–water partition coefficient (Wildman–Crippen LogP) is 7.25. The van der Waals surface area contributed by atoms with Gasteiger partial charge >= 0.3 is 0 Å². The second-order valence-electron chi connectivity index (χ2n) is 7.44. The van der Waals surface area contributed by atoms with E-state index < -0.39 is 0 Å². The monoisotopic (exact) mass is 578 g/mol. The maximum absolute atomic E-state index is 13.3. The Morgan fingerprint density at radius 1 is 0.758 bits per heavy atom. The molecule has 2 aromatic carbocycles. The molecule has 5 nitrogen and oxygen atoms in total. The van der Waals surface area contributed by atoms with Crippen LogP contribution in [0.25, 0.3) is 12.2 Å². The van der Waals surface area contributed by atoms with Gasteiger partial charge in [0, 0.05) is 20.1 Å². The lowest BCUT2D eigenvalue weighted by Crippen LogP contribution is -2.12. The van der Waals surface area contributed by atoms with Crippen molar-refractivity contribution in [2.75, 3.05) is 27.4 Å². The first kappa shape index (κ1) is 25.4. The third-order valence-electron chi connectivity index (χ3n) is 5.30. The maximum atomic E-state index is 13.3. The standard InChI is InChI=1S/C26H28Br2O5/c1-5-32-24-12-18(20(27)14-22(24)30-3)10-16-8-7-9-17(26(16)29)11-19-13-25(33-6-2)23(31-4)15-21(19)28/h10-15H,5-9H2,1-4H3/b16-10-,17-11-. The summed E-state index contributed by atoms with van der Waals surface area (Å²) in [5.74, 6) is 2.66. The van der Waals surface area contributed by atoms with Crippen LogP contribution in [0.4, 0.5) is 0 Å². The summed E-state index contributed by atoms with van der Waals surface area (Å²) in [5.41, 5.74) is 3.31. The summed E-state index contributed by atoms with van der Waals surface area (Å²) in [6, 6.07) is 7.54. The molecule has 1 fully saturated rings. The van der Waals surface area contributed by atoms with Gasteiger partial charge in [-0.05, 0) is 80.7 Å². The summed E-state index contributed by atoms with van der Waals surface area (Å²) in [6.45, 7) is 4.91. The van der Waals surface area contributed by atoms with Crippen LogP contribution >= 0.6 is 31.9 Å². The van der Waals surface area contributed by atoms with E-state index in [4.69, 9.17) is 18.9 Å². The van der Waals surface area contributed by atoms with Crippen molar-refractivity contribution < 1.29 is 23.7 Å². The molecule has 1 aliphatic rings. The van der Waals surface area contributed by atoms with E-state index in [2.05, 4.69) is 31.9 Å². The molecule has 0 heterocycles. The van der Waals surface area contributed by atoms with Gasteiger partial charge in [0.15, 0.2) is 28.8 Å². The van der Waals surface area contributed by atoms with Gasteiger partial charge in [0.25, 0.3) is 0 Å². The molecule has 0 N–H and O–H groups in total. The van der Waals surface area contributed by atoms with Gasteiger partial charge in [-0.15, -0.1) is 0 Å². The number of methoxy groups -OCH3 is 2. The Bertz CT molecular complexity index is 1010. The van der Waals surface area contributed by atoms with Crippen LogP contribution in [-0.4, -0.2) is 33.2 Å². The first-order chi connectivity index (χ1) is 15.9. The number of benzene rings is 2. The Morgan fingerprint density at radius 3 is 1.55 bits per heavy atom. The smallest absolute Gasteiger partial charge is 0.185 e. The van der Waals surface area contributed by atoms with Crippen LogP contribution in [0.1, 0.15) is 44.2 Å². The summed E-state index contributed by atoms with van der Waals surface area (Å²) in [5, 5.41) is 0. The molecule has 0 unspecified atom stereocenters. The van der Waals surface area contributed by atoms with Crippen molar-refractivity contribution in [3.63, 3.8) is 0 Å². The zero-order valence-corrected chi connectivity index (χ0v) is 22.5. The Kier molecular flexibility index (Phi) is 9.03. The highest BCUT2D eigenvalue weighted by atomic mass is 79.9. The Hall–Kier alpha value is -2.25. The summed E-state index contributed by atoms with van der Waals surface area (Å²) < 4.78 is 23.9. The zero-order valence-electron chi connectivity index (χ0n) is 19.3. The molecule has 7 heteroatoms. The van der Waals surface area contributed by atoms with Crippen molar-refractivity contribution >= 4 is 49.8 Å². The van der Waals surface area contributed by atoms with E-state index in [9.17, 15) is 4.79 Å². The molecule has 0 amide bonds. The van der Waals surface area contributed by atoms with E-state index in [1.165, 1.54) is 0 Å². The number of carbonyl (C=O) groups is 1. The SMILES string of the molecule is CCOc1cc(/C=C2/CCC/C(=C/c3cc(OCC)c(OC)cc3Br)C2=O)c(Br)cc1OC. The van der Waals surface area contributed by atoms with Crippen LogP contribution in [0.3, 0.4) is 0 Å². The molecule has 1 saturated carbocycles. The first-order valence-electron chi connectivity index (χ1n) is 10.9. The summed E-state index contributed by atoms with van der Waals surface area (Å²) in [4.78, 5) is 13.3. The highest BCUT2D eigenvalue weighted by molar-refractivity contribution is 9.10. The molecule has 0 aromatic heterocycles. The lowest BCUT2D eigenvalue weighted by atomic mass is 9.87. The van der Waals surface area contributed by atoms with Crippen molar-refractivity contribution in [3.05, 3.63) is 55.5 Å². The molecule has 2 aromatic rings. The second kappa shape index (κ2) is 11.7. The minimum atomic E-state index is 0.0580. The topological polar surface area (TPSA) is 54.0 Å². The molecule has 176 valence electrons. The number of carbonyl (C=O) groups excluding carboxylic acids is 1. The number of ketones is 1. The Labute approximate surface area is 212 Å². The molecule has 3 rings (SSSR count). The van der Waals surface area contributed by atoms with Crippen LogP contribution in [0.15, 0.2) is 44.4 Å². The van der Waals surface area contributed by atoms with E-state index in [0.29, 0.717) is 36.2 Å². The second-order valence-corrected chi connectivity index (χ2v) is 9.15. The molecular weight excluding hydrogens is 552 g/mol. The lowest BCUT2D eigenvalue weighted by molar-refractivity contribution is -0.112. The van der Waals surface area contributed by atoms with Crippen LogP contribution in [-0.2, 0) is 4.79 Å². The fourth-order valence-electron chi connectivity index (χ4n) is 3.73. The van der Waals surface area contributed by atoms with Gasteiger partial charge < -0.3 is 18.9 Å². The third kappa shape index (κ3) is 6.01. The summed E-state index contributed by atoms with van der Waals surface area (Å²) >= 11 is 7.19. The van der Waals surface area contributed by atoms with Crippen LogP contribution in [0, 0.1) is 0 Å². The molecule has 0 aliphatic heterocycles. The number of hydrogen-bond acceptors (Lipinski definition) is 5. The normalized spacial score (nSPS) is 16.2. The molecule has 0 bridgehead atoms. The third-order valence-corrected chi connectivity index (χ3v) is 6.67. The van der Waals surface area contributed by atoms with Gasteiger partial charge in [-0.3, -0.25) is 4.79 Å². The van der Waals surface area contributed by atoms with Crippen LogP contribution in [0.5, 0.6) is 23.0 Å². The molecule has 0 saturated heterocycles. The van der Waals surface area contributed by atoms with Crippen molar-refractivity contribution in [3.8, 4) is 23.0 Å². The minimum Gasteiger partial charge on any atom is -0.493 e. The zero-order chi connectivity index (χ0) is 24.0. The Balaban J connectivity index is 1.97. The van der Waals surface area contributed by atoms with Gasteiger partial charge in [0.1, 0.15) is 0 Å². The number of ether oxygens (including phenoxy) is 4. The summed E-state index contributed by atoms with van der Waals surface area (Å²) in [6.07, 6.45) is 6.24. The fourth-order valence-corrected chi connectivity index (χ4v) is 4.61. The molecule has 33 heavy (non-hydrogen) atoms. The average molecular weight is 580 g/mol. The fraction of sp³-hybridized carbons (Fsp3) is 0.346. The number of halogens is 2. The number of allylic oxidation sites excluding steroid dienone is 2. The average Bonchev–Trinajstić information content (AvgIpc) is 2.80. The van der Waals surface area contributed by atoms with Crippen molar-refractivity contribution in [1.82, 2.24) is 0 Å². The molecule has 0 spiro atoms. The lowest BCUT2D eigenvalue weighted by Gasteiger charge is -2.18. The molecule has 1 aliphatic carbocycles. The highest BCUT2D eigenvalue weighted by Gasteiger charge is 2.22. The van der Waals surface area contributed by atoms with E-state index in [1.54, 1.807) is 14.2 Å². The van der Waals surface area contributed by atoms with E-state index in [0.717, 1.165) is 50.5 Å². The van der Waals surface area contributed by atoms with Gasteiger partial charge in [-0.1, -0.05) is 31.9 Å². The summed E-state index contributed by atoms with van der Waals surface area (Å²) in [7, 11) is 3.22. The van der Waals surface area contributed by atoms with Crippen molar-refractivity contribution in [2.45, 2.75) is 33.1 Å². The van der Waals surface area contributed by atoms with E-state index in [-0.39, 0.29) is 5.78 Å². The van der Waals surface area contributed by atoms with Gasteiger partial charge in [-0.25, -0.2) is 0 Å². The largest absolute Gasteiger partial charge is 0.493 e. The minimum absolute atomic E-state index is 0.0580. The predicted molar refractivity (Wildman–Crippen MR) is 139 cm³/mol. The van der Waals surface area contributed by atoms with Crippen LogP contribution in [0.2, 0.25) is 0 Å². The van der Waals surface area contributed by atoms with Crippen molar-refractivity contribution in [2.24, 2.45) is 0 Å². The number of hydrogen-bond donors (Lipinski definition) is 0. The van der Waals surface area contributed by atoms with Gasteiger partial charge in [-0.2, -0.15) is 0 Å². The highest BCUT2D eigenvalue weighted by Crippen LogP contribution is 2.38. The van der Waals surface area contributed by atoms with Gasteiger partial charge in [0.2, 0.25) is 0 Å². The first-order valence-corrected chi connectivity index (χ1v) is 12.5. The quantitative estimate of drug-likeness (QED) is 0.308. The van der Waals surface area contributed by atoms with E-state index in [1.807, 2.05) is 50.3 Å². The Morgan fingerprint density at radius 2 is 1.18 bits per heavy atom. The van der Waals surface area contributed by atoms with Crippen molar-refractivity contribution in [1.29, 1.82) is 0 Å². The number of Topliss-reactive ketones (excluding diaryl/α,β-unsaturated/α-hetero) is 1.